The number of allylic oxidation sites excluding steroid dienone is 8. The van der Waals surface area contributed by atoms with Crippen molar-refractivity contribution in [3.63, 3.8) is 0 Å². The summed E-state index contributed by atoms with van der Waals surface area (Å²) in [5.74, 6) is -1.48. The summed E-state index contributed by atoms with van der Waals surface area (Å²) in [5.41, 5.74) is 0. The predicted octanol–water partition coefficient (Wildman–Crippen LogP) is 15.8. The summed E-state index contributed by atoms with van der Waals surface area (Å²) < 4.78 is 39.4. The van der Waals surface area contributed by atoms with Crippen molar-refractivity contribution in [2.24, 2.45) is 0 Å². The zero-order chi connectivity index (χ0) is 49.9. The van der Waals surface area contributed by atoms with Crippen molar-refractivity contribution in [3.05, 3.63) is 48.6 Å². The van der Waals surface area contributed by atoms with Crippen molar-refractivity contribution in [3.8, 4) is 0 Å². The molecule has 3 unspecified atom stereocenters. The van der Waals surface area contributed by atoms with Crippen LogP contribution in [0, 0.1) is 0 Å². The zero-order valence-electron chi connectivity index (χ0n) is 43.6. The molecule has 396 valence electrons. The highest BCUT2D eigenvalue weighted by molar-refractivity contribution is 7.47. The Bertz CT molecular complexity index is 1330. The van der Waals surface area contributed by atoms with E-state index < -0.39 is 57.8 Å². The molecule has 11 nitrogen and oxygen atoms in total. The van der Waals surface area contributed by atoms with E-state index in [0.717, 1.165) is 103 Å². The molecule has 0 saturated carbocycles. The van der Waals surface area contributed by atoms with Gasteiger partial charge in [-0.3, -0.25) is 23.4 Å². The number of carbonyl (C=O) groups is 3. The second-order valence-corrected chi connectivity index (χ2v) is 19.8. The van der Waals surface area contributed by atoms with E-state index in [4.69, 9.17) is 23.3 Å². The predicted molar refractivity (Wildman–Crippen MR) is 279 cm³/mol. The Kier molecular flexibility index (Phi) is 48.9. The smallest absolute Gasteiger partial charge is 0.462 e. The summed E-state index contributed by atoms with van der Waals surface area (Å²) in [6, 6.07) is 0. The lowest BCUT2D eigenvalue weighted by atomic mass is 10.1. The van der Waals surface area contributed by atoms with Gasteiger partial charge in [0.2, 0.25) is 0 Å². The summed E-state index contributed by atoms with van der Waals surface area (Å²) in [5, 5.41) is 9.79. The van der Waals surface area contributed by atoms with E-state index in [-0.39, 0.29) is 25.9 Å². The molecule has 12 heteroatoms. The van der Waals surface area contributed by atoms with Gasteiger partial charge in [-0.25, -0.2) is 4.57 Å². The van der Waals surface area contributed by atoms with Gasteiger partial charge in [0.15, 0.2) is 6.10 Å². The Morgan fingerprint density at radius 1 is 0.412 bits per heavy atom. The maximum Gasteiger partial charge on any atom is 0.472 e. The fraction of sp³-hybridized carbons (Fsp3) is 0.804. The molecule has 0 aromatic carbocycles. The lowest BCUT2D eigenvalue weighted by Crippen LogP contribution is -2.30. The SMILES string of the molecule is CCCCC/C=C\C/C=C\CCCCCCCCCC(=O)OC(COC(=O)CCCCCCCCCCC)COP(=O)(O)OCC(CO)OC(=O)CCCCCCC/C=C\C/C=C\CCCCC. The van der Waals surface area contributed by atoms with E-state index in [1.165, 1.54) is 89.9 Å². The molecule has 0 aliphatic carbocycles. The number of hydrogen-bond acceptors (Lipinski definition) is 10. The lowest BCUT2D eigenvalue weighted by Gasteiger charge is -2.21. The number of hydrogen-bond donors (Lipinski definition) is 2. The molecule has 0 aromatic heterocycles. The highest BCUT2D eigenvalue weighted by Gasteiger charge is 2.28. The molecule has 0 aliphatic rings. The standard InChI is InChI=1S/C56H101O11P/c1-4-7-10-13-16-19-21-23-25-26-28-30-32-35-38-41-44-47-56(60)67-53(49-63-54(58)45-42-39-36-33-18-15-12-9-6-3)51-65-68(61,62)64-50-52(48-57)66-55(59)46-43-40-37-34-31-29-27-24-22-20-17-14-11-8-5-2/h16-17,19-20,23-25,27,52-53,57H,4-15,18,21-22,26,28-51H2,1-3H3,(H,61,62)/b19-16-,20-17-,25-23-,27-24-. The van der Waals surface area contributed by atoms with Crippen LogP contribution in [0.25, 0.3) is 0 Å². The molecule has 3 atom stereocenters. The second kappa shape index (κ2) is 50.8. The first-order chi connectivity index (χ1) is 33.2. The minimum absolute atomic E-state index is 0.159. The van der Waals surface area contributed by atoms with Gasteiger partial charge in [-0.1, -0.05) is 198 Å². The fourth-order valence-corrected chi connectivity index (χ4v) is 8.26. The monoisotopic (exact) mass is 981 g/mol. The number of aliphatic hydroxyl groups excluding tert-OH is 1. The first kappa shape index (κ1) is 65.4. The fourth-order valence-electron chi connectivity index (χ4n) is 7.47. The van der Waals surface area contributed by atoms with Crippen LogP contribution in [0.2, 0.25) is 0 Å². The largest absolute Gasteiger partial charge is 0.472 e. The Balaban J connectivity index is 4.67. The zero-order valence-corrected chi connectivity index (χ0v) is 44.5. The molecule has 0 radical (unpaired) electrons. The van der Waals surface area contributed by atoms with Crippen molar-refractivity contribution < 1.29 is 52.2 Å². The molecule has 0 amide bonds. The number of carbonyl (C=O) groups excluding carboxylic acids is 3. The van der Waals surface area contributed by atoms with Crippen LogP contribution in [0.5, 0.6) is 0 Å². The summed E-state index contributed by atoms with van der Waals surface area (Å²) in [6.07, 6.45) is 52.2. The Hall–Kier alpha value is -2.56. The molecule has 68 heavy (non-hydrogen) atoms. The Morgan fingerprint density at radius 3 is 1.12 bits per heavy atom. The number of ether oxygens (including phenoxy) is 3. The van der Waals surface area contributed by atoms with Crippen molar-refractivity contribution >= 4 is 25.7 Å². The van der Waals surface area contributed by atoms with Gasteiger partial charge in [-0.15, -0.1) is 0 Å². The molecule has 0 aromatic rings. The van der Waals surface area contributed by atoms with Crippen molar-refractivity contribution in [1.82, 2.24) is 0 Å². The van der Waals surface area contributed by atoms with Gasteiger partial charge in [-0.05, 0) is 83.5 Å². The molecule has 0 rings (SSSR count). The Morgan fingerprint density at radius 2 is 0.721 bits per heavy atom. The van der Waals surface area contributed by atoms with Crippen LogP contribution >= 0.6 is 7.82 Å². The number of rotatable bonds is 51. The Labute approximate surface area is 415 Å². The summed E-state index contributed by atoms with van der Waals surface area (Å²) in [7, 11) is -4.74. The minimum Gasteiger partial charge on any atom is -0.462 e. The summed E-state index contributed by atoms with van der Waals surface area (Å²) in [4.78, 5) is 48.3. The summed E-state index contributed by atoms with van der Waals surface area (Å²) in [6.45, 7) is 4.56. The second-order valence-electron chi connectivity index (χ2n) is 18.4. The van der Waals surface area contributed by atoms with Gasteiger partial charge in [-0.2, -0.15) is 0 Å². The number of aliphatic hydroxyl groups is 1. The number of phosphoric ester groups is 1. The third kappa shape index (κ3) is 48.5. The summed E-state index contributed by atoms with van der Waals surface area (Å²) >= 11 is 0. The average molecular weight is 981 g/mol. The molecule has 0 bridgehead atoms. The normalized spacial score (nSPS) is 13.8. The molecule has 0 saturated heterocycles. The van der Waals surface area contributed by atoms with Gasteiger partial charge in [0, 0.05) is 19.3 Å². The molecule has 0 spiro atoms. The quantitative estimate of drug-likeness (QED) is 0.0197. The van der Waals surface area contributed by atoms with Gasteiger partial charge in [0.05, 0.1) is 19.8 Å². The number of phosphoric acid groups is 1. The van der Waals surface area contributed by atoms with Crippen molar-refractivity contribution in [2.75, 3.05) is 26.4 Å². The number of unbranched alkanes of at least 4 members (excludes halogenated alkanes) is 26. The highest BCUT2D eigenvalue weighted by Crippen LogP contribution is 2.43. The van der Waals surface area contributed by atoms with Crippen LogP contribution in [0.3, 0.4) is 0 Å². The van der Waals surface area contributed by atoms with Gasteiger partial charge >= 0.3 is 25.7 Å². The van der Waals surface area contributed by atoms with Crippen LogP contribution in [0.4, 0.5) is 0 Å². The van der Waals surface area contributed by atoms with Crippen LogP contribution < -0.4 is 0 Å². The van der Waals surface area contributed by atoms with E-state index in [1.54, 1.807) is 0 Å². The maximum atomic E-state index is 12.9. The first-order valence-electron chi connectivity index (χ1n) is 27.5. The van der Waals surface area contributed by atoms with Crippen LogP contribution in [0.1, 0.15) is 252 Å². The molecule has 2 N–H and O–H groups in total. The molecule has 0 aliphatic heterocycles. The minimum atomic E-state index is -4.74. The van der Waals surface area contributed by atoms with E-state index in [1.807, 2.05) is 0 Å². The van der Waals surface area contributed by atoms with E-state index in [2.05, 4.69) is 69.4 Å². The third-order valence-electron chi connectivity index (χ3n) is 11.7. The van der Waals surface area contributed by atoms with E-state index in [0.29, 0.717) is 19.3 Å². The lowest BCUT2D eigenvalue weighted by molar-refractivity contribution is -0.161. The van der Waals surface area contributed by atoms with Gasteiger partial charge in [0.1, 0.15) is 12.7 Å². The average Bonchev–Trinajstić information content (AvgIpc) is 3.32. The van der Waals surface area contributed by atoms with Crippen LogP contribution in [-0.2, 0) is 42.2 Å². The van der Waals surface area contributed by atoms with Crippen molar-refractivity contribution in [1.29, 1.82) is 0 Å². The highest BCUT2D eigenvalue weighted by atomic mass is 31.2. The third-order valence-corrected chi connectivity index (χ3v) is 12.7. The van der Waals surface area contributed by atoms with E-state index in [9.17, 15) is 28.9 Å². The molecule has 0 heterocycles. The molecular weight excluding hydrogens is 880 g/mol. The number of esters is 3. The van der Waals surface area contributed by atoms with Crippen LogP contribution in [-0.4, -0.2) is 66.5 Å². The molecule has 0 fully saturated rings. The maximum absolute atomic E-state index is 12.9. The molecular formula is C56H101O11P. The van der Waals surface area contributed by atoms with Crippen LogP contribution in [0.15, 0.2) is 48.6 Å². The first-order valence-corrected chi connectivity index (χ1v) is 29.0. The topological polar surface area (TPSA) is 155 Å². The van der Waals surface area contributed by atoms with Gasteiger partial charge < -0.3 is 24.2 Å². The van der Waals surface area contributed by atoms with Gasteiger partial charge in [0.25, 0.3) is 0 Å². The van der Waals surface area contributed by atoms with E-state index >= 15 is 0 Å². The van der Waals surface area contributed by atoms with Crippen molar-refractivity contribution in [2.45, 2.75) is 264 Å².